The van der Waals surface area contributed by atoms with Crippen molar-refractivity contribution >= 4 is 32.9 Å². The second kappa shape index (κ2) is 11.5. The number of carbonyl (C=O) groups is 1. The maximum atomic E-state index is 13.2. The highest BCUT2D eigenvalue weighted by molar-refractivity contribution is 7.93. The number of unbranched alkanes of at least 4 members (excludes halogenated alkanes) is 1. The number of nitrogens with one attached hydrogen (secondary N) is 1. The van der Waals surface area contributed by atoms with Crippen LogP contribution in [0.4, 0.5) is 6.01 Å². The predicted octanol–water partition coefficient (Wildman–Crippen LogP) is 4.10. The van der Waals surface area contributed by atoms with E-state index in [1.807, 2.05) is 38.1 Å². The van der Waals surface area contributed by atoms with E-state index in [9.17, 15) is 13.2 Å². The topological polar surface area (TPSA) is 125 Å². The van der Waals surface area contributed by atoms with Crippen LogP contribution in [0.1, 0.15) is 45.1 Å². The maximum Gasteiger partial charge on any atom is 0.295 e. The summed E-state index contributed by atoms with van der Waals surface area (Å²) in [5.74, 6) is -0.809. The Balaban J connectivity index is 0.00000158. The quantitative estimate of drug-likeness (QED) is 0.435. The van der Waals surface area contributed by atoms with Gasteiger partial charge in [-0.1, -0.05) is 38.1 Å². The van der Waals surface area contributed by atoms with Crippen molar-refractivity contribution in [3.63, 3.8) is 0 Å². The van der Waals surface area contributed by atoms with Gasteiger partial charge in [0.1, 0.15) is 5.52 Å². The van der Waals surface area contributed by atoms with Gasteiger partial charge in [-0.15, -0.1) is 0 Å². The number of aryl methyl sites for hydroxylation is 1. The van der Waals surface area contributed by atoms with Crippen molar-refractivity contribution in [1.29, 1.82) is 0 Å². The summed E-state index contributed by atoms with van der Waals surface area (Å²) in [6, 6.07) is 14.9. The van der Waals surface area contributed by atoms with Gasteiger partial charge >= 0.3 is 0 Å². The van der Waals surface area contributed by atoms with Gasteiger partial charge < -0.3 is 20.2 Å². The number of nitrogens with zero attached hydrogens (tertiary/aromatic N) is 1. The van der Waals surface area contributed by atoms with Gasteiger partial charge in [0.2, 0.25) is 5.91 Å². The molecule has 3 aromatic rings. The van der Waals surface area contributed by atoms with Crippen LogP contribution < -0.4 is 11.1 Å². The highest BCUT2D eigenvalue weighted by Gasteiger charge is 2.50. The molecule has 8 nitrogen and oxygen atoms in total. The van der Waals surface area contributed by atoms with Gasteiger partial charge in [-0.05, 0) is 61.9 Å². The average molecular weight is 488 g/mol. The maximum absolute atomic E-state index is 13.2. The number of amides is 1. The summed E-state index contributed by atoms with van der Waals surface area (Å²) < 4.78 is 35.6. The van der Waals surface area contributed by atoms with E-state index in [0.29, 0.717) is 6.01 Å². The Hall–Kier alpha value is -2.91. The van der Waals surface area contributed by atoms with Crippen LogP contribution in [0.25, 0.3) is 11.1 Å². The molecule has 184 valence electrons. The number of sulfone groups is 1. The van der Waals surface area contributed by atoms with Crippen LogP contribution in [0, 0.1) is 0 Å². The predicted molar refractivity (Wildman–Crippen MR) is 132 cm³/mol. The summed E-state index contributed by atoms with van der Waals surface area (Å²) in [5, 5.41) is 3.19. The van der Waals surface area contributed by atoms with Gasteiger partial charge in [0, 0.05) is 19.8 Å². The normalized spacial score (nSPS) is 15.4. The summed E-state index contributed by atoms with van der Waals surface area (Å²) in [6.07, 6.45) is 2.80. The lowest BCUT2D eigenvalue weighted by Crippen LogP contribution is -2.53. The molecule has 0 bridgehead atoms. The highest BCUT2D eigenvalue weighted by atomic mass is 32.2. The molecular weight excluding hydrogens is 454 g/mol. The lowest BCUT2D eigenvalue weighted by Gasteiger charge is -2.33. The van der Waals surface area contributed by atoms with Crippen LogP contribution in [0.5, 0.6) is 0 Å². The minimum atomic E-state index is -3.89. The number of benzene rings is 2. The number of aromatic nitrogens is 1. The van der Waals surface area contributed by atoms with Gasteiger partial charge in [0.25, 0.3) is 6.01 Å². The van der Waals surface area contributed by atoms with Crippen molar-refractivity contribution < 1.29 is 22.4 Å². The number of carbonyl (C=O) groups excluding carboxylic acids is 1. The van der Waals surface area contributed by atoms with E-state index in [4.69, 9.17) is 14.9 Å². The van der Waals surface area contributed by atoms with Gasteiger partial charge in [-0.25, -0.2) is 8.42 Å². The molecule has 34 heavy (non-hydrogen) atoms. The summed E-state index contributed by atoms with van der Waals surface area (Å²) in [4.78, 5) is 16.6. The molecule has 3 N–H and O–H groups in total. The molecule has 0 atom stereocenters. The van der Waals surface area contributed by atoms with Crippen molar-refractivity contribution in [2.75, 3.05) is 25.1 Å². The molecular formula is C25H33N3O5S. The fourth-order valence-electron chi connectivity index (χ4n) is 4.01. The summed E-state index contributed by atoms with van der Waals surface area (Å²) in [5.41, 5.74) is 8.13. The molecule has 2 aromatic carbocycles. The number of hydrogen-bond donors (Lipinski definition) is 2. The van der Waals surface area contributed by atoms with E-state index in [-0.39, 0.29) is 31.0 Å². The van der Waals surface area contributed by atoms with Crippen molar-refractivity contribution in [2.24, 2.45) is 5.73 Å². The first-order chi connectivity index (χ1) is 16.4. The van der Waals surface area contributed by atoms with E-state index < -0.39 is 20.5 Å². The van der Waals surface area contributed by atoms with E-state index in [2.05, 4.69) is 10.3 Å². The largest absolute Gasteiger partial charge is 0.424 e. The van der Waals surface area contributed by atoms with Crippen LogP contribution in [-0.4, -0.2) is 43.8 Å². The van der Waals surface area contributed by atoms with Crippen molar-refractivity contribution in [3.8, 4) is 0 Å². The lowest BCUT2D eigenvalue weighted by atomic mass is 9.98. The number of oxazole rings is 1. The number of nitrogens with two attached hydrogens (primary N) is 1. The zero-order valence-corrected chi connectivity index (χ0v) is 20.6. The van der Waals surface area contributed by atoms with Gasteiger partial charge in [-0.2, -0.15) is 4.98 Å². The summed E-state index contributed by atoms with van der Waals surface area (Å²) >= 11 is 0. The fraction of sp³-hybridized carbons (Fsp3) is 0.440. The Morgan fingerprint density at radius 2 is 1.74 bits per heavy atom. The van der Waals surface area contributed by atoms with E-state index in [1.165, 1.54) is 0 Å². The van der Waals surface area contributed by atoms with Crippen LogP contribution in [-0.2, 0) is 25.8 Å². The molecule has 0 aliphatic carbocycles. The molecule has 1 aromatic heterocycles. The molecule has 1 saturated heterocycles. The Labute approximate surface area is 200 Å². The molecule has 1 fully saturated rings. The molecule has 0 spiro atoms. The summed E-state index contributed by atoms with van der Waals surface area (Å²) in [6.45, 7) is 5.14. The fourth-order valence-corrected chi connectivity index (χ4v) is 5.92. The van der Waals surface area contributed by atoms with Gasteiger partial charge in [0.15, 0.2) is 20.2 Å². The molecule has 4 rings (SSSR count). The number of hydrogen-bond acceptors (Lipinski definition) is 7. The molecule has 1 aliphatic heterocycles. The minimum Gasteiger partial charge on any atom is -0.424 e. The zero-order chi connectivity index (χ0) is 24.6. The van der Waals surface area contributed by atoms with Crippen molar-refractivity contribution in [2.45, 2.75) is 55.6 Å². The van der Waals surface area contributed by atoms with Crippen LogP contribution in [0.3, 0.4) is 0 Å². The van der Waals surface area contributed by atoms with Crippen LogP contribution in [0.15, 0.2) is 57.8 Å². The van der Waals surface area contributed by atoms with Crippen LogP contribution in [0.2, 0.25) is 0 Å². The second-order valence-electron chi connectivity index (χ2n) is 7.99. The highest BCUT2D eigenvalue weighted by Crippen LogP contribution is 2.35. The third kappa shape index (κ3) is 5.42. The number of primary amides is 1. The minimum absolute atomic E-state index is 0.0828. The number of para-hydroxylation sites is 2. The third-order valence-corrected chi connectivity index (χ3v) is 8.49. The van der Waals surface area contributed by atoms with Crippen molar-refractivity contribution in [1.82, 2.24) is 4.98 Å². The Bertz CT molecular complexity index is 1150. The number of anilines is 1. The van der Waals surface area contributed by atoms with Crippen molar-refractivity contribution in [3.05, 3.63) is 54.1 Å². The number of rotatable bonds is 9. The number of ether oxygens (including phenoxy) is 1. The standard InChI is InChI=1S/C23H27N3O5S.C2H6/c24-21(27)23(12-15-30-16-13-23)32(28,29)18-10-8-17(9-11-18)5-3-4-14-25-22-26-19-6-1-2-7-20(19)31-22;1-2/h1-2,6-11H,3-5,12-16H2,(H2,24,27)(H,25,26);1-2H3. The Kier molecular flexibility index (Phi) is 8.68. The second-order valence-corrected chi connectivity index (χ2v) is 10.2. The van der Waals surface area contributed by atoms with E-state index in [0.717, 1.165) is 42.5 Å². The SMILES string of the molecule is CC.NC(=O)C1(S(=O)(=O)c2ccc(CCCCNc3nc4ccccc4o3)cc2)CCOCC1. The monoisotopic (exact) mass is 487 g/mol. The molecule has 0 radical (unpaired) electrons. The van der Waals surface area contributed by atoms with Gasteiger partial charge in [0.05, 0.1) is 4.90 Å². The third-order valence-electron chi connectivity index (χ3n) is 5.96. The average Bonchev–Trinajstić information content (AvgIpc) is 3.28. The smallest absolute Gasteiger partial charge is 0.295 e. The molecule has 0 saturated carbocycles. The number of fused-ring (bicyclic) bond motifs is 1. The van der Waals surface area contributed by atoms with E-state index >= 15 is 0 Å². The first-order valence-corrected chi connectivity index (χ1v) is 13.2. The molecule has 1 aliphatic rings. The molecule has 1 amide bonds. The molecule has 9 heteroatoms. The van der Waals surface area contributed by atoms with Crippen LogP contribution >= 0.6 is 0 Å². The zero-order valence-electron chi connectivity index (χ0n) is 19.7. The summed E-state index contributed by atoms with van der Waals surface area (Å²) in [7, 11) is -3.89. The molecule has 0 unspecified atom stereocenters. The lowest BCUT2D eigenvalue weighted by molar-refractivity contribution is -0.122. The first-order valence-electron chi connectivity index (χ1n) is 11.7. The Morgan fingerprint density at radius 3 is 2.38 bits per heavy atom. The van der Waals surface area contributed by atoms with Gasteiger partial charge in [-0.3, -0.25) is 4.79 Å². The Morgan fingerprint density at radius 1 is 1.06 bits per heavy atom. The molecule has 2 heterocycles. The van der Waals surface area contributed by atoms with E-state index in [1.54, 1.807) is 24.3 Å². The first kappa shape index (κ1) is 25.7.